The van der Waals surface area contributed by atoms with E-state index in [2.05, 4.69) is 47.7 Å². The van der Waals surface area contributed by atoms with Crippen molar-refractivity contribution < 1.29 is 5.11 Å². The average molecular weight is 262 g/mol. The lowest BCUT2D eigenvalue weighted by Gasteiger charge is -2.10. The molecule has 2 rings (SSSR count). The number of hydrogen-bond donors (Lipinski definition) is 1. The zero-order valence-electron chi connectivity index (χ0n) is 10.9. The maximum Gasteiger partial charge on any atom is 0.173 e. The molecule has 1 unspecified atom stereocenters. The number of nitrogens with zero attached hydrogens (tertiary/aromatic N) is 2. The molecule has 0 aliphatic rings. The lowest BCUT2D eigenvalue weighted by Crippen LogP contribution is -2.04. The Morgan fingerprint density at radius 2 is 2.00 bits per heavy atom. The molecule has 0 aliphatic carbocycles. The number of hydrogen-bond acceptors (Lipinski definition) is 3. The van der Waals surface area contributed by atoms with Gasteiger partial charge in [-0.15, -0.1) is 0 Å². The minimum absolute atomic E-state index is 0.482. The van der Waals surface area contributed by atoms with Gasteiger partial charge in [-0.05, 0) is 32.9 Å². The topological polar surface area (TPSA) is 38.0 Å². The van der Waals surface area contributed by atoms with E-state index in [1.165, 1.54) is 5.56 Å². The van der Waals surface area contributed by atoms with Gasteiger partial charge >= 0.3 is 0 Å². The van der Waals surface area contributed by atoms with E-state index in [9.17, 15) is 5.11 Å². The maximum atomic E-state index is 9.68. The van der Waals surface area contributed by atoms with Crippen LogP contribution in [0.2, 0.25) is 0 Å². The molecule has 4 heteroatoms. The van der Waals surface area contributed by atoms with Crippen molar-refractivity contribution in [2.45, 2.75) is 43.5 Å². The Balaban J connectivity index is 2.26. The van der Waals surface area contributed by atoms with Crippen LogP contribution in [0.3, 0.4) is 0 Å². The van der Waals surface area contributed by atoms with Gasteiger partial charge in [-0.25, -0.2) is 4.98 Å². The van der Waals surface area contributed by atoms with Gasteiger partial charge in [0, 0.05) is 11.4 Å². The van der Waals surface area contributed by atoms with Crippen LogP contribution in [0.5, 0.6) is 0 Å². The number of benzene rings is 1. The molecule has 1 heterocycles. The molecular weight excluding hydrogens is 244 g/mol. The molecule has 1 aromatic heterocycles. The van der Waals surface area contributed by atoms with Crippen LogP contribution in [0, 0.1) is 6.92 Å². The molecule has 0 bridgehead atoms. The molecule has 3 nitrogen and oxygen atoms in total. The van der Waals surface area contributed by atoms with E-state index in [-0.39, 0.29) is 0 Å². The third-order valence-electron chi connectivity index (χ3n) is 2.82. The molecule has 0 amide bonds. The summed E-state index contributed by atoms with van der Waals surface area (Å²) < 4.78 is 2.05. The Kier molecular flexibility index (Phi) is 4.09. The summed E-state index contributed by atoms with van der Waals surface area (Å²) in [5, 5.41) is 10.6. The highest BCUT2D eigenvalue weighted by Gasteiger charge is 2.13. The fourth-order valence-electron chi connectivity index (χ4n) is 1.82. The van der Waals surface area contributed by atoms with E-state index >= 15 is 0 Å². The number of aromatic nitrogens is 2. The van der Waals surface area contributed by atoms with Crippen molar-refractivity contribution in [2.75, 3.05) is 0 Å². The molecule has 0 radical (unpaired) electrons. The van der Waals surface area contributed by atoms with Crippen molar-refractivity contribution in [2.24, 2.45) is 0 Å². The molecule has 0 fully saturated rings. The number of aliphatic hydroxyl groups is 1. The van der Waals surface area contributed by atoms with Crippen LogP contribution < -0.4 is 0 Å². The van der Waals surface area contributed by atoms with E-state index in [0.717, 1.165) is 22.3 Å². The van der Waals surface area contributed by atoms with Crippen molar-refractivity contribution >= 4 is 11.8 Å². The minimum Gasteiger partial charge on any atom is -0.387 e. The van der Waals surface area contributed by atoms with Crippen molar-refractivity contribution in [1.82, 2.24) is 9.55 Å². The molecule has 1 N–H and O–H groups in total. The molecule has 1 atom stereocenters. The van der Waals surface area contributed by atoms with E-state index in [4.69, 9.17) is 0 Å². The number of imidazole rings is 1. The molecule has 96 valence electrons. The van der Waals surface area contributed by atoms with Crippen LogP contribution in [0.15, 0.2) is 40.5 Å². The highest BCUT2D eigenvalue weighted by Crippen LogP contribution is 2.29. The predicted octanol–water partition coefficient (Wildman–Crippen LogP) is 3.42. The van der Waals surface area contributed by atoms with E-state index < -0.39 is 6.10 Å². The summed E-state index contributed by atoms with van der Waals surface area (Å²) in [5.74, 6) is 0. The maximum absolute atomic E-state index is 9.68. The van der Waals surface area contributed by atoms with Gasteiger partial charge < -0.3 is 9.67 Å². The van der Waals surface area contributed by atoms with Gasteiger partial charge in [0.15, 0.2) is 5.16 Å². The Hall–Kier alpha value is -1.26. The highest BCUT2D eigenvalue weighted by atomic mass is 32.2. The average Bonchev–Trinajstić information content (AvgIpc) is 2.75. The van der Waals surface area contributed by atoms with Gasteiger partial charge in [-0.2, -0.15) is 0 Å². The Morgan fingerprint density at radius 3 is 2.56 bits per heavy atom. The van der Waals surface area contributed by atoms with Gasteiger partial charge in [0.2, 0.25) is 0 Å². The normalized spacial score (nSPS) is 12.7. The number of aryl methyl sites for hydroxylation is 1. The summed E-state index contributed by atoms with van der Waals surface area (Å²) in [7, 11) is 0. The summed E-state index contributed by atoms with van der Waals surface area (Å²) in [6.45, 7) is 6.72. The van der Waals surface area contributed by atoms with Gasteiger partial charge in [-0.1, -0.05) is 29.5 Å². The van der Waals surface area contributed by atoms with Crippen LogP contribution in [-0.2, 0) is 6.54 Å². The molecule has 1 aromatic carbocycles. The fourth-order valence-corrected chi connectivity index (χ4v) is 2.75. The first-order valence-electron chi connectivity index (χ1n) is 6.09. The van der Waals surface area contributed by atoms with Crippen LogP contribution in [0.25, 0.3) is 0 Å². The Labute approximate surface area is 112 Å². The van der Waals surface area contributed by atoms with Crippen molar-refractivity contribution in [3.63, 3.8) is 0 Å². The first kappa shape index (κ1) is 13.2. The fraction of sp³-hybridized carbons (Fsp3) is 0.357. The van der Waals surface area contributed by atoms with Crippen LogP contribution >= 0.6 is 11.8 Å². The molecular formula is C14H18N2OS. The molecule has 0 spiro atoms. The molecule has 0 saturated heterocycles. The predicted molar refractivity (Wildman–Crippen MR) is 73.8 cm³/mol. The SMILES string of the molecule is CCn1c(C(C)O)cnc1Sc1ccc(C)cc1. The molecule has 0 saturated carbocycles. The standard InChI is InChI=1S/C14H18N2OS/c1-4-16-13(11(3)17)9-15-14(16)18-12-7-5-10(2)6-8-12/h5-9,11,17H,4H2,1-3H3. The highest BCUT2D eigenvalue weighted by molar-refractivity contribution is 7.99. The van der Waals surface area contributed by atoms with E-state index in [0.29, 0.717) is 0 Å². The van der Waals surface area contributed by atoms with Crippen molar-refractivity contribution in [1.29, 1.82) is 0 Å². The second-order valence-corrected chi connectivity index (χ2v) is 5.34. The van der Waals surface area contributed by atoms with E-state index in [1.54, 1.807) is 24.9 Å². The van der Waals surface area contributed by atoms with Gasteiger partial charge in [0.1, 0.15) is 0 Å². The summed E-state index contributed by atoms with van der Waals surface area (Å²) in [5.41, 5.74) is 2.12. The van der Waals surface area contributed by atoms with Gasteiger partial charge in [0.25, 0.3) is 0 Å². The van der Waals surface area contributed by atoms with Crippen molar-refractivity contribution in [3.8, 4) is 0 Å². The third-order valence-corrected chi connectivity index (χ3v) is 3.84. The van der Waals surface area contributed by atoms with Crippen LogP contribution in [0.4, 0.5) is 0 Å². The van der Waals surface area contributed by atoms with E-state index in [1.807, 2.05) is 0 Å². The zero-order valence-corrected chi connectivity index (χ0v) is 11.7. The van der Waals surface area contributed by atoms with Gasteiger partial charge in [0.05, 0.1) is 18.0 Å². The van der Waals surface area contributed by atoms with Crippen LogP contribution in [-0.4, -0.2) is 14.7 Å². The Morgan fingerprint density at radius 1 is 1.33 bits per heavy atom. The monoisotopic (exact) mass is 262 g/mol. The lowest BCUT2D eigenvalue weighted by atomic mass is 10.2. The first-order chi connectivity index (χ1) is 8.61. The second-order valence-electron chi connectivity index (χ2n) is 4.30. The molecule has 0 aliphatic heterocycles. The summed E-state index contributed by atoms with van der Waals surface area (Å²) >= 11 is 1.63. The summed E-state index contributed by atoms with van der Waals surface area (Å²) in [4.78, 5) is 5.56. The summed E-state index contributed by atoms with van der Waals surface area (Å²) in [6, 6.07) is 8.38. The zero-order chi connectivity index (χ0) is 13.1. The van der Waals surface area contributed by atoms with Crippen molar-refractivity contribution in [3.05, 3.63) is 41.7 Å². The van der Waals surface area contributed by atoms with Gasteiger partial charge in [-0.3, -0.25) is 0 Å². The third kappa shape index (κ3) is 2.76. The first-order valence-corrected chi connectivity index (χ1v) is 6.91. The number of rotatable bonds is 4. The minimum atomic E-state index is -0.482. The second kappa shape index (κ2) is 5.59. The molecule has 2 aromatic rings. The number of aliphatic hydroxyl groups excluding tert-OH is 1. The Bertz CT molecular complexity index is 517. The quantitative estimate of drug-likeness (QED) is 0.917. The summed E-state index contributed by atoms with van der Waals surface area (Å²) in [6.07, 6.45) is 1.27. The smallest absolute Gasteiger partial charge is 0.173 e. The lowest BCUT2D eigenvalue weighted by molar-refractivity contribution is 0.188. The van der Waals surface area contributed by atoms with Crippen LogP contribution in [0.1, 0.15) is 31.2 Å². The largest absolute Gasteiger partial charge is 0.387 e. The molecule has 18 heavy (non-hydrogen) atoms.